The van der Waals surface area contributed by atoms with E-state index < -0.39 is 15.3 Å². The summed E-state index contributed by atoms with van der Waals surface area (Å²) in [5.41, 5.74) is 0.858. The van der Waals surface area contributed by atoms with Gasteiger partial charge in [-0.15, -0.1) is 0 Å². The number of hydrogen-bond acceptors (Lipinski definition) is 2. The fraction of sp³-hybridized carbons (Fsp3) is 0.455. The molecular weight excluding hydrogens is 246 g/mol. The molecule has 1 aromatic carbocycles. The van der Waals surface area contributed by atoms with Crippen molar-refractivity contribution in [3.63, 3.8) is 0 Å². The van der Waals surface area contributed by atoms with E-state index in [9.17, 15) is 8.42 Å². The van der Waals surface area contributed by atoms with Crippen molar-refractivity contribution in [2.75, 3.05) is 0 Å². The summed E-state index contributed by atoms with van der Waals surface area (Å²) in [5, 5.41) is 0.169. The lowest BCUT2D eigenvalue weighted by molar-refractivity contribution is 0.558. The van der Waals surface area contributed by atoms with E-state index in [1.165, 1.54) is 0 Å². The highest BCUT2D eigenvalue weighted by Crippen LogP contribution is 2.18. The van der Waals surface area contributed by atoms with Crippen LogP contribution < -0.4 is 4.72 Å². The maximum atomic E-state index is 11.7. The van der Waals surface area contributed by atoms with Gasteiger partial charge in [-0.05, 0) is 38.5 Å². The van der Waals surface area contributed by atoms with E-state index in [4.69, 9.17) is 11.6 Å². The molecule has 0 aromatic heterocycles. The molecule has 1 rings (SSSR count). The van der Waals surface area contributed by atoms with Gasteiger partial charge in [0, 0.05) is 11.1 Å². The number of nitrogens with one attached hydrogen (secondary N) is 1. The van der Waals surface area contributed by atoms with E-state index in [2.05, 4.69) is 4.72 Å². The molecule has 1 aromatic rings. The molecule has 0 fully saturated rings. The normalized spacial score (nSPS) is 14.1. The summed E-state index contributed by atoms with van der Waals surface area (Å²) in [5.74, 6) is 0. The highest BCUT2D eigenvalue weighted by Gasteiger charge is 2.19. The largest absolute Gasteiger partial charge is 0.214 e. The predicted octanol–water partition coefficient (Wildman–Crippen LogP) is 2.73. The molecule has 5 heteroatoms. The number of halogens is 1. The molecule has 3 nitrogen and oxygen atoms in total. The van der Waals surface area contributed by atoms with Crippen molar-refractivity contribution >= 4 is 21.6 Å². The van der Waals surface area contributed by atoms with Crippen molar-refractivity contribution in [1.82, 2.24) is 4.72 Å². The fourth-order valence-corrected chi connectivity index (χ4v) is 2.33. The van der Waals surface area contributed by atoms with Crippen LogP contribution in [-0.2, 0) is 10.0 Å². The van der Waals surface area contributed by atoms with Crippen molar-refractivity contribution in [1.29, 1.82) is 0 Å². The quantitative estimate of drug-likeness (QED) is 0.906. The van der Waals surface area contributed by atoms with Gasteiger partial charge >= 0.3 is 0 Å². The SMILES string of the molecule is CC(C)S(=O)(=O)N[C@@H](C)c1cccc(Cl)c1. The molecule has 0 radical (unpaired) electrons. The number of hydrogen-bond donors (Lipinski definition) is 1. The van der Waals surface area contributed by atoms with Crippen LogP contribution >= 0.6 is 11.6 Å². The Bertz CT molecular complexity index is 457. The Kier molecular flexibility index (Phi) is 4.35. The molecule has 0 bridgehead atoms. The van der Waals surface area contributed by atoms with Crippen molar-refractivity contribution in [2.45, 2.75) is 32.1 Å². The third-order valence-corrected chi connectivity index (χ3v) is 4.47. The minimum atomic E-state index is -3.25. The average molecular weight is 262 g/mol. The second-order valence-electron chi connectivity index (χ2n) is 3.99. The molecule has 0 unspecified atom stereocenters. The van der Waals surface area contributed by atoms with Crippen molar-refractivity contribution in [3.8, 4) is 0 Å². The van der Waals surface area contributed by atoms with Gasteiger partial charge in [0.1, 0.15) is 0 Å². The van der Waals surface area contributed by atoms with Crippen molar-refractivity contribution in [2.24, 2.45) is 0 Å². The average Bonchev–Trinajstić information content (AvgIpc) is 2.16. The van der Waals surface area contributed by atoms with Crippen LogP contribution in [0.15, 0.2) is 24.3 Å². The summed E-state index contributed by atoms with van der Waals surface area (Å²) in [6.07, 6.45) is 0. The summed E-state index contributed by atoms with van der Waals surface area (Å²) < 4.78 is 25.9. The summed E-state index contributed by atoms with van der Waals surface area (Å²) >= 11 is 5.85. The van der Waals surface area contributed by atoms with E-state index in [1.807, 2.05) is 6.07 Å². The van der Waals surface area contributed by atoms with Gasteiger partial charge in [-0.2, -0.15) is 0 Å². The third kappa shape index (κ3) is 3.47. The summed E-state index contributed by atoms with van der Waals surface area (Å²) in [7, 11) is -3.25. The maximum absolute atomic E-state index is 11.7. The van der Waals surface area contributed by atoms with Crippen molar-refractivity contribution < 1.29 is 8.42 Å². The monoisotopic (exact) mass is 261 g/mol. The first kappa shape index (κ1) is 13.5. The van der Waals surface area contributed by atoms with Gasteiger partial charge in [0.15, 0.2) is 0 Å². The highest BCUT2D eigenvalue weighted by molar-refractivity contribution is 7.90. The number of sulfonamides is 1. The van der Waals surface area contributed by atoms with Crippen LogP contribution in [0.5, 0.6) is 0 Å². The van der Waals surface area contributed by atoms with Gasteiger partial charge in [-0.25, -0.2) is 13.1 Å². The van der Waals surface area contributed by atoms with Gasteiger partial charge in [0.25, 0.3) is 0 Å². The Morgan fingerprint density at radius 1 is 1.25 bits per heavy atom. The molecule has 0 saturated heterocycles. The van der Waals surface area contributed by atoms with Gasteiger partial charge in [-0.1, -0.05) is 23.7 Å². The zero-order valence-electron chi connectivity index (χ0n) is 9.57. The lowest BCUT2D eigenvalue weighted by Crippen LogP contribution is -2.32. The van der Waals surface area contributed by atoms with Crippen molar-refractivity contribution in [3.05, 3.63) is 34.9 Å². The Labute approximate surface area is 102 Å². The van der Waals surface area contributed by atoms with E-state index >= 15 is 0 Å². The Morgan fingerprint density at radius 3 is 2.38 bits per heavy atom. The van der Waals surface area contributed by atoms with Crippen LogP contribution in [-0.4, -0.2) is 13.7 Å². The van der Waals surface area contributed by atoms with Crippen LogP contribution in [0.1, 0.15) is 32.4 Å². The Morgan fingerprint density at radius 2 is 1.88 bits per heavy atom. The molecule has 1 atom stereocenters. The predicted molar refractivity (Wildman–Crippen MR) is 67.1 cm³/mol. The zero-order valence-corrected chi connectivity index (χ0v) is 11.1. The van der Waals surface area contributed by atoms with Crippen LogP contribution in [0.2, 0.25) is 5.02 Å². The number of rotatable bonds is 4. The topological polar surface area (TPSA) is 46.2 Å². The molecule has 0 saturated carbocycles. The van der Waals surface area contributed by atoms with Crippen LogP contribution in [0.3, 0.4) is 0 Å². The zero-order chi connectivity index (χ0) is 12.3. The van der Waals surface area contributed by atoms with Crippen LogP contribution in [0.25, 0.3) is 0 Å². The smallest absolute Gasteiger partial charge is 0.212 e. The third-order valence-electron chi connectivity index (χ3n) is 2.31. The Hall–Kier alpha value is -0.580. The van der Waals surface area contributed by atoms with Gasteiger partial charge in [-0.3, -0.25) is 0 Å². The molecule has 0 aliphatic heterocycles. The fourth-order valence-electron chi connectivity index (χ4n) is 1.23. The summed E-state index contributed by atoms with van der Waals surface area (Å²) in [6, 6.07) is 6.90. The van der Waals surface area contributed by atoms with Gasteiger partial charge in [0.2, 0.25) is 10.0 Å². The van der Waals surface area contributed by atoms with Gasteiger partial charge < -0.3 is 0 Å². The molecular formula is C11H16ClNO2S. The minimum Gasteiger partial charge on any atom is -0.212 e. The van der Waals surface area contributed by atoms with Crippen LogP contribution in [0, 0.1) is 0 Å². The standard InChI is InChI=1S/C11H16ClNO2S/c1-8(2)16(14,15)13-9(3)10-5-4-6-11(12)7-10/h4-9,13H,1-3H3/t9-/m0/s1. The molecule has 0 spiro atoms. The molecule has 1 N–H and O–H groups in total. The number of benzene rings is 1. The van der Waals surface area contributed by atoms with E-state index in [-0.39, 0.29) is 6.04 Å². The second-order valence-corrected chi connectivity index (χ2v) is 6.69. The summed E-state index contributed by atoms with van der Waals surface area (Å²) in [4.78, 5) is 0. The first-order chi connectivity index (χ1) is 7.33. The molecule has 90 valence electrons. The Balaban J connectivity index is 2.85. The van der Waals surface area contributed by atoms with Gasteiger partial charge in [0.05, 0.1) is 5.25 Å². The molecule has 0 heterocycles. The first-order valence-corrected chi connectivity index (χ1v) is 7.02. The molecule has 0 amide bonds. The lowest BCUT2D eigenvalue weighted by atomic mass is 10.1. The van der Waals surface area contributed by atoms with E-state index in [0.717, 1.165) is 5.56 Å². The second kappa shape index (κ2) is 5.17. The summed E-state index contributed by atoms with van der Waals surface area (Å²) in [6.45, 7) is 5.09. The molecule has 16 heavy (non-hydrogen) atoms. The van der Waals surface area contributed by atoms with E-state index in [1.54, 1.807) is 39.0 Å². The molecule has 0 aliphatic rings. The minimum absolute atomic E-state index is 0.272. The lowest BCUT2D eigenvalue weighted by Gasteiger charge is -2.16. The maximum Gasteiger partial charge on any atom is 0.214 e. The highest BCUT2D eigenvalue weighted by atomic mass is 35.5. The first-order valence-electron chi connectivity index (χ1n) is 5.09. The van der Waals surface area contributed by atoms with Crippen LogP contribution in [0.4, 0.5) is 0 Å². The molecule has 0 aliphatic carbocycles. The van der Waals surface area contributed by atoms with E-state index in [0.29, 0.717) is 5.02 Å².